The van der Waals surface area contributed by atoms with Crippen LogP contribution in [0.3, 0.4) is 0 Å². The second-order valence-corrected chi connectivity index (χ2v) is 4.36. The Bertz CT molecular complexity index is 320. The van der Waals surface area contributed by atoms with Crippen LogP contribution in [0.25, 0.3) is 0 Å². The molecule has 0 aromatic heterocycles. The fourth-order valence-electron chi connectivity index (χ4n) is 1.64. The van der Waals surface area contributed by atoms with Gasteiger partial charge in [0.2, 0.25) is 5.91 Å². The number of aliphatic carboxylic acids is 1. The summed E-state index contributed by atoms with van der Waals surface area (Å²) in [5.41, 5.74) is 5.36. The van der Waals surface area contributed by atoms with E-state index in [0.29, 0.717) is 19.4 Å². The molecular formula is C13H24N2O5. The van der Waals surface area contributed by atoms with Crippen LogP contribution in [0.1, 0.15) is 39.0 Å². The lowest BCUT2D eigenvalue weighted by Crippen LogP contribution is -2.37. The molecule has 0 rings (SSSR count). The molecule has 7 heteroatoms. The molecule has 0 radical (unpaired) electrons. The molecule has 0 aromatic rings. The van der Waals surface area contributed by atoms with Gasteiger partial charge < -0.3 is 20.5 Å². The lowest BCUT2D eigenvalue weighted by atomic mass is 10.1. The molecule has 20 heavy (non-hydrogen) atoms. The van der Waals surface area contributed by atoms with Gasteiger partial charge in [-0.1, -0.05) is 6.42 Å². The first-order valence-electron chi connectivity index (χ1n) is 6.86. The minimum atomic E-state index is -1.00. The minimum Gasteiger partial charge on any atom is -0.481 e. The standard InChI is InChI=1S/C13H24N2O5/c1-2-20-13(19)10-15(9-7-12(17)18)11(16)6-4-3-5-8-14/h2-10,14H2,1H3,(H,17,18). The maximum Gasteiger partial charge on any atom is 0.325 e. The fraction of sp³-hybridized carbons (Fsp3) is 0.769. The number of carbonyl (C=O) groups is 3. The van der Waals surface area contributed by atoms with Crippen molar-refractivity contribution in [2.75, 3.05) is 26.2 Å². The van der Waals surface area contributed by atoms with Gasteiger partial charge in [0.1, 0.15) is 6.54 Å². The highest BCUT2D eigenvalue weighted by Crippen LogP contribution is 2.04. The van der Waals surface area contributed by atoms with Gasteiger partial charge in [-0.15, -0.1) is 0 Å². The van der Waals surface area contributed by atoms with Crippen molar-refractivity contribution < 1.29 is 24.2 Å². The second kappa shape index (κ2) is 11.2. The number of rotatable bonds is 11. The molecule has 0 atom stereocenters. The zero-order valence-corrected chi connectivity index (χ0v) is 12.0. The SMILES string of the molecule is CCOC(=O)CN(CCC(=O)O)C(=O)CCCCCN. The van der Waals surface area contributed by atoms with Crippen molar-refractivity contribution in [2.24, 2.45) is 5.73 Å². The van der Waals surface area contributed by atoms with Crippen LogP contribution >= 0.6 is 0 Å². The van der Waals surface area contributed by atoms with Crippen LogP contribution in [0, 0.1) is 0 Å². The Morgan fingerprint density at radius 2 is 1.85 bits per heavy atom. The maximum absolute atomic E-state index is 12.0. The van der Waals surface area contributed by atoms with Crippen LogP contribution in [0.2, 0.25) is 0 Å². The molecule has 0 spiro atoms. The first kappa shape index (κ1) is 18.4. The number of hydrogen-bond donors (Lipinski definition) is 2. The van der Waals surface area contributed by atoms with Gasteiger partial charge in [0.15, 0.2) is 0 Å². The number of amides is 1. The number of carboxylic acid groups (broad SMARTS) is 1. The van der Waals surface area contributed by atoms with Crippen molar-refractivity contribution in [3.63, 3.8) is 0 Å². The van der Waals surface area contributed by atoms with E-state index in [0.717, 1.165) is 12.8 Å². The van der Waals surface area contributed by atoms with Crippen LogP contribution in [0.5, 0.6) is 0 Å². The molecule has 0 aromatic carbocycles. The summed E-state index contributed by atoms with van der Waals surface area (Å²) >= 11 is 0. The lowest BCUT2D eigenvalue weighted by molar-refractivity contribution is -0.150. The summed E-state index contributed by atoms with van der Waals surface area (Å²) in [6.45, 7) is 2.31. The van der Waals surface area contributed by atoms with E-state index in [1.54, 1.807) is 6.92 Å². The van der Waals surface area contributed by atoms with E-state index in [9.17, 15) is 14.4 Å². The number of ether oxygens (including phenoxy) is 1. The smallest absolute Gasteiger partial charge is 0.325 e. The quantitative estimate of drug-likeness (QED) is 0.420. The van der Waals surface area contributed by atoms with Gasteiger partial charge >= 0.3 is 11.9 Å². The van der Waals surface area contributed by atoms with Crippen LogP contribution in [-0.4, -0.2) is 54.1 Å². The molecule has 0 aliphatic rings. The molecule has 0 heterocycles. The summed E-state index contributed by atoms with van der Waals surface area (Å²) in [6.07, 6.45) is 2.48. The third-order valence-electron chi connectivity index (χ3n) is 2.67. The average Bonchev–Trinajstić information content (AvgIpc) is 2.39. The second-order valence-electron chi connectivity index (χ2n) is 4.36. The van der Waals surface area contributed by atoms with Crippen molar-refractivity contribution in [3.05, 3.63) is 0 Å². The van der Waals surface area contributed by atoms with Gasteiger partial charge in [0.25, 0.3) is 0 Å². The summed E-state index contributed by atoms with van der Waals surface area (Å²) in [5.74, 6) is -1.75. The number of unbranched alkanes of at least 4 members (excludes halogenated alkanes) is 2. The van der Waals surface area contributed by atoms with Gasteiger partial charge in [-0.2, -0.15) is 0 Å². The molecule has 0 aliphatic heterocycles. The van der Waals surface area contributed by atoms with E-state index in [1.807, 2.05) is 0 Å². The normalized spacial score (nSPS) is 10.1. The molecule has 0 saturated heterocycles. The third kappa shape index (κ3) is 9.32. The van der Waals surface area contributed by atoms with E-state index < -0.39 is 11.9 Å². The number of nitrogens with zero attached hydrogens (tertiary/aromatic N) is 1. The zero-order valence-electron chi connectivity index (χ0n) is 12.0. The first-order valence-corrected chi connectivity index (χ1v) is 6.86. The Morgan fingerprint density at radius 1 is 1.15 bits per heavy atom. The van der Waals surface area contributed by atoms with Crippen molar-refractivity contribution in [2.45, 2.75) is 39.0 Å². The summed E-state index contributed by atoms with van der Waals surface area (Å²) in [5, 5.41) is 8.66. The number of hydrogen-bond acceptors (Lipinski definition) is 5. The Labute approximate surface area is 119 Å². The summed E-state index contributed by atoms with van der Waals surface area (Å²) in [6, 6.07) is 0. The molecule has 0 fully saturated rings. The molecular weight excluding hydrogens is 264 g/mol. The first-order chi connectivity index (χ1) is 9.51. The average molecular weight is 288 g/mol. The van der Waals surface area contributed by atoms with E-state index >= 15 is 0 Å². The summed E-state index contributed by atoms with van der Waals surface area (Å²) < 4.78 is 4.78. The van der Waals surface area contributed by atoms with Crippen molar-refractivity contribution >= 4 is 17.8 Å². The molecule has 0 bridgehead atoms. The van der Waals surface area contributed by atoms with E-state index in [2.05, 4.69) is 0 Å². The summed E-state index contributed by atoms with van der Waals surface area (Å²) in [4.78, 5) is 35.2. The molecule has 7 nitrogen and oxygen atoms in total. The predicted octanol–water partition coefficient (Wildman–Crippen LogP) is 0.372. The molecule has 0 aliphatic carbocycles. The highest BCUT2D eigenvalue weighted by Gasteiger charge is 2.18. The topological polar surface area (TPSA) is 110 Å². The zero-order chi connectivity index (χ0) is 15.4. The van der Waals surface area contributed by atoms with Crippen LogP contribution in [0.15, 0.2) is 0 Å². The van der Waals surface area contributed by atoms with Crippen LogP contribution in [0.4, 0.5) is 0 Å². The third-order valence-corrected chi connectivity index (χ3v) is 2.67. The monoisotopic (exact) mass is 288 g/mol. The van der Waals surface area contributed by atoms with Gasteiger partial charge in [0.05, 0.1) is 13.0 Å². The van der Waals surface area contributed by atoms with Gasteiger partial charge in [-0.25, -0.2) is 0 Å². The van der Waals surface area contributed by atoms with Gasteiger partial charge in [0, 0.05) is 13.0 Å². The highest BCUT2D eigenvalue weighted by molar-refractivity contribution is 5.82. The van der Waals surface area contributed by atoms with Crippen molar-refractivity contribution in [1.29, 1.82) is 0 Å². The number of esters is 1. The van der Waals surface area contributed by atoms with Crippen molar-refractivity contribution in [1.82, 2.24) is 4.90 Å². The number of carbonyl (C=O) groups excluding carboxylic acids is 2. The van der Waals surface area contributed by atoms with Crippen molar-refractivity contribution in [3.8, 4) is 0 Å². The molecule has 1 amide bonds. The Kier molecular flexibility index (Phi) is 10.3. The lowest BCUT2D eigenvalue weighted by Gasteiger charge is -2.21. The Morgan fingerprint density at radius 3 is 2.40 bits per heavy atom. The minimum absolute atomic E-state index is 0.0177. The maximum atomic E-state index is 12.0. The van der Waals surface area contributed by atoms with E-state index in [4.69, 9.17) is 15.6 Å². The Hall–Kier alpha value is -1.63. The Balaban J connectivity index is 4.29. The van der Waals surface area contributed by atoms with E-state index in [-0.39, 0.29) is 32.0 Å². The number of carboxylic acids is 1. The van der Waals surface area contributed by atoms with Gasteiger partial charge in [-0.05, 0) is 26.3 Å². The largest absolute Gasteiger partial charge is 0.481 e. The molecule has 0 saturated carbocycles. The highest BCUT2D eigenvalue weighted by atomic mass is 16.5. The molecule has 0 unspecified atom stereocenters. The van der Waals surface area contributed by atoms with E-state index in [1.165, 1.54) is 4.90 Å². The van der Waals surface area contributed by atoms with Crippen LogP contribution in [-0.2, 0) is 19.1 Å². The fourth-order valence-corrected chi connectivity index (χ4v) is 1.64. The summed E-state index contributed by atoms with van der Waals surface area (Å²) in [7, 11) is 0. The van der Waals surface area contributed by atoms with Crippen LogP contribution < -0.4 is 5.73 Å². The molecule has 3 N–H and O–H groups in total. The molecule has 116 valence electrons. The van der Waals surface area contributed by atoms with Gasteiger partial charge in [-0.3, -0.25) is 14.4 Å². The predicted molar refractivity (Wildman–Crippen MR) is 73.0 cm³/mol. The number of nitrogens with two attached hydrogens (primary N) is 1.